The van der Waals surface area contributed by atoms with Gasteiger partial charge in [-0.15, -0.1) is 0 Å². The van der Waals surface area contributed by atoms with Crippen molar-refractivity contribution in [2.24, 2.45) is 0 Å². The number of hydrogen-bond acceptors (Lipinski definition) is 2. The molecule has 0 fully saturated rings. The maximum Gasteiger partial charge on any atom is 0.337 e. The molecule has 1 rings (SSSR count). The number of carboxylic acid groups (broad SMARTS) is 1. The zero-order chi connectivity index (χ0) is 12.8. The van der Waals surface area contributed by atoms with Crippen LogP contribution in [0, 0.1) is 0 Å². The average Bonchev–Trinajstić information content (AvgIpc) is 2.34. The highest BCUT2D eigenvalue weighted by Crippen LogP contribution is 2.23. The van der Waals surface area contributed by atoms with Gasteiger partial charge in [0.2, 0.25) is 0 Å². The fraction of sp³-hybridized carbons (Fsp3) is 0.462. The van der Waals surface area contributed by atoms with Crippen LogP contribution >= 0.6 is 15.9 Å². The molecule has 0 saturated heterocycles. The molecule has 0 aliphatic carbocycles. The highest BCUT2D eigenvalue weighted by atomic mass is 79.9. The Morgan fingerprint density at radius 3 is 2.71 bits per heavy atom. The van der Waals surface area contributed by atoms with E-state index in [9.17, 15) is 9.90 Å². The van der Waals surface area contributed by atoms with Gasteiger partial charge in [0.15, 0.2) is 6.10 Å². The summed E-state index contributed by atoms with van der Waals surface area (Å²) >= 11 is 3.38. The van der Waals surface area contributed by atoms with Crippen LogP contribution in [0.1, 0.15) is 36.1 Å². The number of hydrogen-bond donors (Lipinski definition) is 2. The fourth-order valence-corrected chi connectivity index (χ4v) is 2.25. The van der Waals surface area contributed by atoms with Crippen LogP contribution < -0.4 is 0 Å². The molecule has 0 aliphatic heterocycles. The van der Waals surface area contributed by atoms with Crippen molar-refractivity contribution in [3.05, 3.63) is 34.9 Å². The predicted octanol–water partition coefficient (Wildman–Crippen LogP) is 2.69. The molecule has 2 N–H and O–H groups in total. The van der Waals surface area contributed by atoms with Crippen molar-refractivity contribution in [2.75, 3.05) is 5.33 Å². The molecule has 1 aromatic carbocycles. The topological polar surface area (TPSA) is 57.5 Å². The van der Waals surface area contributed by atoms with E-state index in [0.717, 1.165) is 35.7 Å². The lowest BCUT2D eigenvalue weighted by atomic mass is 9.93. The van der Waals surface area contributed by atoms with Crippen molar-refractivity contribution in [1.29, 1.82) is 0 Å². The van der Waals surface area contributed by atoms with E-state index in [-0.39, 0.29) is 0 Å². The number of carboxylic acids is 1. The zero-order valence-corrected chi connectivity index (χ0v) is 11.4. The van der Waals surface area contributed by atoms with Gasteiger partial charge in [-0.25, -0.2) is 4.79 Å². The van der Waals surface area contributed by atoms with E-state index in [0.29, 0.717) is 5.56 Å². The van der Waals surface area contributed by atoms with E-state index in [2.05, 4.69) is 15.9 Å². The van der Waals surface area contributed by atoms with E-state index >= 15 is 0 Å². The molecule has 17 heavy (non-hydrogen) atoms. The van der Waals surface area contributed by atoms with Gasteiger partial charge < -0.3 is 10.2 Å². The molecule has 0 amide bonds. The molecule has 4 heteroatoms. The van der Waals surface area contributed by atoms with Crippen LogP contribution in [0.15, 0.2) is 18.2 Å². The molecule has 94 valence electrons. The number of carbonyl (C=O) groups is 1. The first-order valence-corrected chi connectivity index (χ1v) is 6.81. The summed E-state index contributed by atoms with van der Waals surface area (Å²) < 4.78 is 0. The van der Waals surface area contributed by atoms with Crippen LogP contribution in [0.4, 0.5) is 0 Å². The van der Waals surface area contributed by atoms with Crippen molar-refractivity contribution in [3.8, 4) is 0 Å². The summed E-state index contributed by atoms with van der Waals surface area (Å²) in [6.07, 6.45) is 1.21. The number of aliphatic hydroxyl groups is 1. The Balaban J connectivity index is 3.09. The van der Waals surface area contributed by atoms with Crippen LogP contribution in [0.3, 0.4) is 0 Å². The molecule has 1 atom stereocenters. The number of aliphatic carboxylic acids is 1. The smallest absolute Gasteiger partial charge is 0.337 e. The van der Waals surface area contributed by atoms with Gasteiger partial charge >= 0.3 is 5.97 Å². The predicted molar refractivity (Wildman–Crippen MR) is 70.5 cm³/mol. The molecule has 0 aromatic heterocycles. The Hall–Kier alpha value is -0.870. The minimum absolute atomic E-state index is 0.520. The molecule has 1 unspecified atom stereocenters. The van der Waals surface area contributed by atoms with Gasteiger partial charge in [0.1, 0.15) is 0 Å². The van der Waals surface area contributed by atoms with Gasteiger partial charge in [-0.05, 0) is 36.0 Å². The molecular formula is C13H17BrO3. The normalized spacial score (nSPS) is 12.4. The third-order valence-electron chi connectivity index (χ3n) is 2.77. The van der Waals surface area contributed by atoms with Gasteiger partial charge in [-0.3, -0.25) is 0 Å². The number of alkyl halides is 1. The lowest BCUT2D eigenvalue weighted by molar-refractivity contribution is -0.147. The summed E-state index contributed by atoms with van der Waals surface area (Å²) in [7, 11) is 0. The number of aryl methyl sites for hydroxylation is 1. The quantitative estimate of drug-likeness (QED) is 0.794. The van der Waals surface area contributed by atoms with Gasteiger partial charge in [-0.1, -0.05) is 41.1 Å². The van der Waals surface area contributed by atoms with Crippen molar-refractivity contribution in [2.45, 2.75) is 32.3 Å². The Bertz CT molecular complexity index is 390. The van der Waals surface area contributed by atoms with E-state index in [1.165, 1.54) is 0 Å². The second-order valence-corrected chi connectivity index (χ2v) is 4.66. The summed E-state index contributed by atoms with van der Waals surface area (Å²) in [5, 5.41) is 19.4. The van der Waals surface area contributed by atoms with Crippen LogP contribution in [-0.2, 0) is 17.6 Å². The molecule has 0 spiro atoms. The Morgan fingerprint density at radius 2 is 2.18 bits per heavy atom. The van der Waals surface area contributed by atoms with Crippen LogP contribution in [0.2, 0.25) is 0 Å². The Labute approximate surface area is 110 Å². The first-order chi connectivity index (χ1) is 8.11. The molecule has 0 heterocycles. The van der Waals surface area contributed by atoms with Crippen LogP contribution in [0.5, 0.6) is 0 Å². The van der Waals surface area contributed by atoms with Gasteiger partial charge in [-0.2, -0.15) is 0 Å². The summed E-state index contributed by atoms with van der Waals surface area (Å²) in [6.45, 7) is 1.98. The molecule has 3 nitrogen and oxygen atoms in total. The standard InChI is InChI=1S/C13H17BrO3/c1-2-10-9(6-4-8-14)5-3-7-11(10)12(15)13(16)17/h3,5,7,12,15H,2,4,6,8H2,1H3,(H,16,17). The summed E-state index contributed by atoms with van der Waals surface area (Å²) in [4.78, 5) is 10.8. The third-order valence-corrected chi connectivity index (χ3v) is 3.33. The zero-order valence-electron chi connectivity index (χ0n) is 9.82. The van der Waals surface area contributed by atoms with Crippen molar-refractivity contribution in [1.82, 2.24) is 0 Å². The number of aliphatic hydroxyl groups excluding tert-OH is 1. The monoisotopic (exact) mass is 300 g/mol. The molecule has 0 aliphatic rings. The highest BCUT2D eigenvalue weighted by Gasteiger charge is 2.20. The average molecular weight is 301 g/mol. The van der Waals surface area contributed by atoms with E-state index in [1.54, 1.807) is 6.07 Å². The highest BCUT2D eigenvalue weighted by molar-refractivity contribution is 9.09. The second kappa shape index (κ2) is 6.77. The van der Waals surface area contributed by atoms with Crippen molar-refractivity contribution < 1.29 is 15.0 Å². The van der Waals surface area contributed by atoms with E-state index in [4.69, 9.17) is 5.11 Å². The van der Waals surface area contributed by atoms with Crippen molar-refractivity contribution >= 4 is 21.9 Å². The van der Waals surface area contributed by atoms with Crippen molar-refractivity contribution in [3.63, 3.8) is 0 Å². The van der Waals surface area contributed by atoms with Gasteiger partial charge in [0.25, 0.3) is 0 Å². The van der Waals surface area contributed by atoms with Crippen LogP contribution in [-0.4, -0.2) is 21.5 Å². The lowest BCUT2D eigenvalue weighted by Gasteiger charge is -2.15. The lowest BCUT2D eigenvalue weighted by Crippen LogP contribution is -2.13. The third kappa shape index (κ3) is 3.54. The number of rotatable bonds is 6. The molecular weight excluding hydrogens is 284 g/mol. The molecule has 0 bridgehead atoms. The van der Waals surface area contributed by atoms with E-state index in [1.807, 2.05) is 19.1 Å². The molecule has 0 saturated carbocycles. The maximum atomic E-state index is 10.8. The summed E-state index contributed by atoms with van der Waals surface area (Å²) in [5.41, 5.74) is 2.61. The number of halogens is 1. The number of benzene rings is 1. The molecule has 0 radical (unpaired) electrons. The van der Waals surface area contributed by atoms with Gasteiger partial charge in [0, 0.05) is 5.33 Å². The largest absolute Gasteiger partial charge is 0.479 e. The minimum atomic E-state index is -1.42. The first kappa shape index (κ1) is 14.2. The second-order valence-electron chi connectivity index (χ2n) is 3.87. The summed E-state index contributed by atoms with van der Waals surface area (Å²) in [6, 6.07) is 5.50. The Morgan fingerprint density at radius 1 is 1.47 bits per heavy atom. The summed E-state index contributed by atoms with van der Waals surface area (Å²) in [5.74, 6) is -1.20. The molecule has 1 aromatic rings. The SMILES string of the molecule is CCc1c(CCCBr)cccc1C(O)C(=O)O. The minimum Gasteiger partial charge on any atom is -0.479 e. The fourth-order valence-electron chi connectivity index (χ4n) is 1.97. The first-order valence-electron chi connectivity index (χ1n) is 5.69. The Kier molecular flexibility index (Phi) is 5.65. The van der Waals surface area contributed by atoms with Gasteiger partial charge in [0.05, 0.1) is 0 Å². The maximum absolute atomic E-state index is 10.8. The van der Waals surface area contributed by atoms with E-state index < -0.39 is 12.1 Å². The van der Waals surface area contributed by atoms with Crippen LogP contribution in [0.25, 0.3) is 0 Å².